The van der Waals surface area contributed by atoms with Crippen molar-refractivity contribution in [2.45, 2.75) is 13.0 Å². The summed E-state index contributed by atoms with van der Waals surface area (Å²) in [7, 11) is 0. The Morgan fingerprint density at radius 2 is 2.14 bits per heavy atom. The van der Waals surface area contributed by atoms with E-state index in [4.69, 9.17) is 9.84 Å². The fraction of sp³-hybridized carbons (Fsp3) is 0.385. The molecule has 2 atom stereocenters. The van der Waals surface area contributed by atoms with Gasteiger partial charge in [0.25, 0.3) is 11.6 Å². The second-order valence-corrected chi connectivity index (χ2v) is 4.82. The molecule has 2 N–H and O–H groups in total. The lowest BCUT2D eigenvalue weighted by Crippen LogP contribution is -2.42. The fourth-order valence-corrected chi connectivity index (χ4v) is 2.20. The molecule has 1 aliphatic rings. The van der Waals surface area contributed by atoms with E-state index in [1.165, 1.54) is 18.2 Å². The van der Waals surface area contributed by atoms with Gasteiger partial charge in [-0.25, -0.2) is 0 Å². The Kier molecular flexibility index (Phi) is 4.18. The maximum Gasteiger partial charge on any atom is 0.311 e. The number of non-ortho nitro benzene ring substituents is 1. The van der Waals surface area contributed by atoms with E-state index >= 15 is 0 Å². The molecule has 0 saturated carbocycles. The van der Waals surface area contributed by atoms with Crippen LogP contribution in [0.3, 0.4) is 0 Å². The highest BCUT2D eigenvalue weighted by Crippen LogP contribution is 2.19. The number of amides is 1. The monoisotopic (exact) mass is 294 g/mol. The van der Waals surface area contributed by atoms with Gasteiger partial charge in [0.15, 0.2) is 0 Å². The van der Waals surface area contributed by atoms with Crippen molar-refractivity contribution in [3.63, 3.8) is 0 Å². The normalized spacial score (nSPS) is 21.0. The molecule has 1 aliphatic heterocycles. The first-order valence-electron chi connectivity index (χ1n) is 6.26. The minimum atomic E-state index is -1.03. The van der Waals surface area contributed by atoms with E-state index in [-0.39, 0.29) is 24.5 Å². The number of carbonyl (C=O) groups excluding carboxylic acids is 1. The van der Waals surface area contributed by atoms with Crippen LogP contribution in [0.4, 0.5) is 5.69 Å². The van der Waals surface area contributed by atoms with Gasteiger partial charge in [0.1, 0.15) is 5.92 Å². The number of nitrogens with one attached hydrogen (secondary N) is 1. The molecule has 0 spiro atoms. The van der Waals surface area contributed by atoms with Crippen molar-refractivity contribution in [3.05, 3.63) is 39.4 Å². The number of hydrogen-bond donors (Lipinski definition) is 2. The molecule has 8 nitrogen and oxygen atoms in total. The Hall–Kier alpha value is -2.48. The number of carboxylic acid groups (broad SMARTS) is 1. The molecule has 1 fully saturated rings. The minimum Gasteiger partial charge on any atom is -0.481 e. The molecule has 2 rings (SSSR count). The van der Waals surface area contributed by atoms with Gasteiger partial charge in [-0.15, -0.1) is 0 Å². The zero-order valence-corrected chi connectivity index (χ0v) is 11.2. The van der Waals surface area contributed by atoms with Gasteiger partial charge in [-0.3, -0.25) is 19.7 Å². The van der Waals surface area contributed by atoms with E-state index < -0.39 is 28.8 Å². The Morgan fingerprint density at radius 1 is 1.43 bits per heavy atom. The van der Waals surface area contributed by atoms with Crippen molar-refractivity contribution in [2.24, 2.45) is 5.92 Å². The van der Waals surface area contributed by atoms with Crippen LogP contribution in [0.2, 0.25) is 0 Å². The van der Waals surface area contributed by atoms with Crippen LogP contribution in [-0.2, 0) is 9.53 Å². The van der Waals surface area contributed by atoms with Gasteiger partial charge in [-0.05, 0) is 18.6 Å². The van der Waals surface area contributed by atoms with Crippen LogP contribution in [0.5, 0.6) is 0 Å². The Bertz CT molecular complexity index is 600. The van der Waals surface area contributed by atoms with Gasteiger partial charge in [-0.1, -0.05) is 0 Å². The summed E-state index contributed by atoms with van der Waals surface area (Å²) in [5, 5.41) is 22.3. The van der Waals surface area contributed by atoms with Crippen molar-refractivity contribution in [1.82, 2.24) is 5.32 Å². The third kappa shape index (κ3) is 3.16. The van der Waals surface area contributed by atoms with E-state index in [0.29, 0.717) is 5.56 Å². The summed E-state index contributed by atoms with van der Waals surface area (Å²) < 4.78 is 5.06. The van der Waals surface area contributed by atoms with Gasteiger partial charge in [0, 0.05) is 17.7 Å². The van der Waals surface area contributed by atoms with E-state index in [9.17, 15) is 19.7 Å². The fourth-order valence-electron chi connectivity index (χ4n) is 2.20. The summed E-state index contributed by atoms with van der Waals surface area (Å²) in [6.45, 7) is 1.77. The van der Waals surface area contributed by atoms with E-state index in [2.05, 4.69) is 5.32 Å². The van der Waals surface area contributed by atoms with Crippen molar-refractivity contribution < 1.29 is 24.4 Å². The van der Waals surface area contributed by atoms with E-state index in [1.807, 2.05) is 0 Å². The number of hydrogen-bond acceptors (Lipinski definition) is 5. The highest BCUT2D eigenvalue weighted by atomic mass is 16.6. The average Bonchev–Trinajstić information content (AvgIpc) is 2.86. The Labute approximate surface area is 119 Å². The summed E-state index contributed by atoms with van der Waals surface area (Å²) in [6.07, 6.45) is 0. The maximum atomic E-state index is 12.1. The Morgan fingerprint density at radius 3 is 2.71 bits per heavy atom. The molecule has 8 heteroatoms. The van der Waals surface area contributed by atoms with Gasteiger partial charge < -0.3 is 15.2 Å². The van der Waals surface area contributed by atoms with Gasteiger partial charge in [0.2, 0.25) is 0 Å². The number of benzene rings is 1. The van der Waals surface area contributed by atoms with Gasteiger partial charge >= 0.3 is 5.97 Å². The predicted molar refractivity (Wildman–Crippen MR) is 71.0 cm³/mol. The number of carboxylic acids is 1. The summed E-state index contributed by atoms with van der Waals surface area (Å²) >= 11 is 0. The molecule has 1 aromatic carbocycles. The number of nitro benzene ring substituents is 1. The number of aryl methyl sites for hydroxylation is 1. The maximum absolute atomic E-state index is 12.1. The van der Waals surface area contributed by atoms with Crippen LogP contribution in [-0.4, -0.2) is 41.2 Å². The minimum absolute atomic E-state index is 0.0551. The molecule has 0 aromatic heterocycles. The third-order valence-corrected chi connectivity index (χ3v) is 3.38. The molecule has 1 saturated heterocycles. The van der Waals surface area contributed by atoms with Crippen LogP contribution in [0.25, 0.3) is 0 Å². The molecular weight excluding hydrogens is 280 g/mol. The van der Waals surface area contributed by atoms with Crippen molar-refractivity contribution >= 4 is 17.6 Å². The van der Waals surface area contributed by atoms with E-state index in [1.54, 1.807) is 6.92 Å². The molecule has 0 radical (unpaired) electrons. The molecule has 21 heavy (non-hydrogen) atoms. The molecule has 2 unspecified atom stereocenters. The Balaban J connectivity index is 2.13. The summed E-state index contributed by atoms with van der Waals surface area (Å²) in [6, 6.07) is 3.29. The van der Waals surface area contributed by atoms with Crippen LogP contribution in [0, 0.1) is 23.0 Å². The van der Waals surface area contributed by atoms with Crippen molar-refractivity contribution in [1.29, 1.82) is 0 Å². The lowest BCUT2D eigenvalue weighted by Gasteiger charge is -2.16. The number of carbonyl (C=O) groups is 2. The SMILES string of the molecule is Cc1cc([N+](=O)[O-])ccc1C(=O)NC1COCC1C(=O)O. The number of nitrogens with zero attached hydrogens (tertiary/aromatic N) is 1. The van der Waals surface area contributed by atoms with Crippen LogP contribution in [0.15, 0.2) is 18.2 Å². The van der Waals surface area contributed by atoms with Crippen LogP contribution in [0.1, 0.15) is 15.9 Å². The number of aliphatic carboxylic acids is 1. The predicted octanol–water partition coefficient (Wildman–Crippen LogP) is 0.733. The van der Waals surface area contributed by atoms with Crippen molar-refractivity contribution in [3.8, 4) is 0 Å². The van der Waals surface area contributed by atoms with Gasteiger partial charge in [0.05, 0.1) is 24.2 Å². The topological polar surface area (TPSA) is 119 Å². The summed E-state index contributed by atoms with van der Waals surface area (Å²) in [4.78, 5) is 33.3. The van der Waals surface area contributed by atoms with Crippen LogP contribution >= 0.6 is 0 Å². The summed E-state index contributed by atoms with van der Waals surface area (Å²) in [5.41, 5.74) is 0.626. The zero-order valence-electron chi connectivity index (χ0n) is 11.2. The zero-order chi connectivity index (χ0) is 15.6. The molecule has 0 bridgehead atoms. The molecule has 112 valence electrons. The molecular formula is C13H14N2O6. The highest BCUT2D eigenvalue weighted by Gasteiger charge is 2.35. The smallest absolute Gasteiger partial charge is 0.311 e. The lowest BCUT2D eigenvalue weighted by atomic mass is 10.0. The standard InChI is InChI=1S/C13H14N2O6/c1-7-4-8(15(19)20)2-3-9(7)12(16)14-11-6-21-5-10(11)13(17)18/h2-4,10-11H,5-6H2,1H3,(H,14,16)(H,17,18). The number of ether oxygens (including phenoxy) is 1. The van der Waals surface area contributed by atoms with Crippen LogP contribution < -0.4 is 5.32 Å². The van der Waals surface area contributed by atoms with Crippen molar-refractivity contribution in [2.75, 3.05) is 13.2 Å². The lowest BCUT2D eigenvalue weighted by molar-refractivity contribution is -0.384. The quantitative estimate of drug-likeness (QED) is 0.624. The molecule has 1 heterocycles. The first-order chi connectivity index (χ1) is 9.90. The molecule has 0 aliphatic carbocycles. The third-order valence-electron chi connectivity index (χ3n) is 3.38. The highest BCUT2D eigenvalue weighted by molar-refractivity contribution is 5.96. The number of nitro groups is 1. The largest absolute Gasteiger partial charge is 0.481 e. The first-order valence-corrected chi connectivity index (χ1v) is 6.26. The summed E-state index contributed by atoms with van der Waals surface area (Å²) in [5.74, 6) is -2.28. The van der Waals surface area contributed by atoms with E-state index in [0.717, 1.165) is 0 Å². The van der Waals surface area contributed by atoms with Gasteiger partial charge in [-0.2, -0.15) is 0 Å². The molecule has 1 amide bonds. The average molecular weight is 294 g/mol. The number of rotatable bonds is 4. The first kappa shape index (κ1) is 14.9. The molecule has 1 aromatic rings. The second-order valence-electron chi connectivity index (χ2n) is 4.82. The second kappa shape index (κ2) is 5.88.